The third-order valence-corrected chi connectivity index (χ3v) is 5.20. The number of hydrogen-bond acceptors (Lipinski definition) is 4. The number of hydrogen-bond donors (Lipinski definition) is 1. The lowest BCUT2D eigenvalue weighted by Crippen LogP contribution is -2.42. The summed E-state index contributed by atoms with van der Waals surface area (Å²) in [6, 6.07) is 5.55. The van der Waals surface area contributed by atoms with E-state index in [-0.39, 0.29) is 24.2 Å². The molecule has 7 heteroatoms. The Balaban J connectivity index is 1.50. The van der Waals surface area contributed by atoms with Gasteiger partial charge in [0.15, 0.2) is 0 Å². The fraction of sp³-hybridized carbons (Fsp3) is 0.556. The van der Waals surface area contributed by atoms with Crippen molar-refractivity contribution in [1.29, 1.82) is 0 Å². The molecule has 0 radical (unpaired) electrons. The molecule has 1 atom stereocenters. The summed E-state index contributed by atoms with van der Waals surface area (Å²) in [5.41, 5.74) is 1.72. The first kappa shape index (κ1) is 18.2. The molecule has 0 saturated carbocycles. The van der Waals surface area contributed by atoms with E-state index in [9.17, 15) is 9.59 Å². The van der Waals surface area contributed by atoms with Crippen LogP contribution < -0.4 is 10.2 Å². The van der Waals surface area contributed by atoms with Crippen molar-refractivity contribution in [3.8, 4) is 0 Å². The quantitative estimate of drug-likeness (QED) is 0.858. The van der Waals surface area contributed by atoms with Crippen molar-refractivity contribution in [1.82, 2.24) is 10.2 Å². The second kappa shape index (κ2) is 8.17. The van der Waals surface area contributed by atoms with Crippen LogP contribution in [0.5, 0.6) is 0 Å². The summed E-state index contributed by atoms with van der Waals surface area (Å²) in [6.45, 7) is 7.04. The highest BCUT2D eigenvalue weighted by Crippen LogP contribution is 2.28. The lowest BCUT2D eigenvalue weighted by atomic mass is 10.1. The number of nitrogens with one attached hydrogen (secondary N) is 1. The number of morpholine rings is 1. The molecule has 2 fully saturated rings. The summed E-state index contributed by atoms with van der Waals surface area (Å²) in [7, 11) is 0. The minimum absolute atomic E-state index is 0.0340. The third kappa shape index (κ3) is 4.51. The number of ether oxygens (including phenoxy) is 1. The molecule has 1 aromatic rings. The predicted molar refractivity (Wildman–Crippen MR) is 96.9 cm³/mol. The number of rotatable bonds is 5. The highest BCUT2D eigenvalue weighted by atomic mass is 35.5. The first-order valence-electron chi connectivity index (χ1n) is 8.69. The van der Waals surface area contributed by atoms with Gasteiger partial charge in [0.25, 0.3) is 0 Å². The molecule has 0 bridgehead atoms. The maximum Gasteiger partial charge on any atom is 0.227 e. The van der Waals surface area contributed by atoms with Crippen LogP contribution in [0.1, 0.15) is 12.0 Å². The van der Waals surface area contributed by atoms with Crippen molar-refractivity contribution in [2.45, 2.75) is 13.3 Å². The monoisotopic (exact) mass is 365 g/mol. The molecule has 3 rings (SSSR count). The van der Waals surface area contributed by atoms with E-state index in [0.717, 1.165) is 44.1 Å². The number of benzene rings is 1. The van der Waals surface area contributed by atoms with Crippen LogP contribution in [-0.2, 0) is 14.3 Å². The van der Waals surface area contributed by atoms with Gasteiger partial charge in [-0.3, -0.25) is 14.5 Å². The molecule has 2 saturated heterocycles. The van der Waals surface area contributed by atoms with Crippen molar-refractivity contribution in [2.24, 2.45) is 5.92 Å². The van der Waals surface area contributed by atoms with Crippen LogP contribution in [0.15, 0.2) is 18.2 Å². The van der Waals surface area contributed by atoms with Gasteiger partial charge in [-0.05, 0) is 24.6 Å². The van der Waals surface area contributed by atoms with Crippen LogP contribution in [0.25, 0.3) is 0 Å². The van der Waals surface area contributed by atoms with Crippen LogP contribution in [0.4, 0.5) is 5.69 Å². The van der Waals surface area contributed by atoms with Gasteiger partial charge in [0.2, 0.25) is 11.8 Å². The van der Waals surface area contributed by atoms with Gasteiger partial charge in [0.1, 0.15) is 0 Å². The largest absolute Gasteiger partial charge is 0.379 e. The summed E-state index contributed by atoms with van der Waals surface area (Å²) in [5, 5.41) is 3.59. The van der Waals surface area contributed by atoms with E-state index in [1.807, 2.05) is 19.1 Å². The minimum atomic E-state index is -0.308. The molecule has 0 spiro atoms. The topological polar surface area (TPSA) is 61.9 Å². The highest BCUT2D eigenvalue weighted by molar-refractivity contribution is 6.31. The fourth-order valence-corrected chi connectivity index (χ4v) is 3.36. The summed E-state index contributed by atoms with van der Waals surface area (Å²) in [5.74, 6) is -0.396. The molecule has 1 N–H and O–H groups in total. The Morgan fingerprint density at radius 2 is 2.12 bits per heavy atom. The number of halogens is 1. The molecule has 6 nitrogen and oxygen atoms in total. The molecule has 2 amide bonds. The van der Waals surface area contributed by atoms with Crippen LogP contribution in [0, 0.1) is 12.8 Å². The zero-order chi connectivity index (χ0) is 17.8. The molecule has 0 aliphatic carbocycles. The van der Waals surface area contributed by atoms with E-state index in [2.05, 4.69) is 10.2 Å². The lowest BCUT2D eigenvalue weighted by Gasteiger charge is -2.26. The zero-order valence-electron chi connectivity index (χ0n) is 14.5. The van der Waals surface area contributed by atoms with Crippen molar-refractivity contribution in [3.05, 3.63) is 28.8 Å². The number of amides is 2. The summed E-state index contributed by atoms with van der Waals surface area (Å²) >= 11 is 6.15. The average Bonchev–Trinajstić information content (AvgIpc) is 3.00. The number of anilines is 1. The van der Waals surface area contributed by atoms with Crippen molar-refractivity contribution in [3.63, 3.8) is 0 Å². The Morgan fingerprint density at radius 3 is 2.84 bits per heavy atom. The van der Waals surface area contributed by atoms with Gasteiger partial charge in [0, 0.05) is 49.9 Å². The molecule has 25 heavy (non-hydrogen) atoms. The second-order valence-corrected chi connectivity index (χ2v) is 6.99. The zero-order valence-corrected chi connectivity index (χ0v) is 15.2. The Bertz CT molecular complexity index is 646. The average molecular weight is 366 g/mol. The summed E-state index contributed by atoms with van der Waals surface area (Å²) < 4.78 is 5.31. The number of carbonyl (C=O) groups excluding carboxylic acids is 2. The van der Waals surface area contributed by atoms with E-state index in [1.165, 1.54) is 0 Å². The van der Waals surface area contributed by atoms with Crippen molar-refractivity contribution in [2.75, 3.05) is 50.8 Å². The molecule has 136 valence electrons. The van der Waals surface area contributed by atoms with Gasteiger partial charge in [-0.15, -0.1) is 0 Å². The van der Waals surface area contributed by atoms with Gasteiger partial charge in [-0.2, -0.15) is 0 Å². The summed E-state index contributed by atoms with van der Waals surface area (Å²) in [4.78, 5) is 28.6. The first-order chi connectivity index (χ1) is 12.0. The maximum absolute atomic E-state index is 12.4. The third-order valence-electron chi connectivity index (χ3n) is 4.79. The van der Waals surface area contributed by atoms with Crippen molar-refractivity contribution < 1.29 is 14.3 Å². The fourth-order valence-electron chi connectivity index (χ4n) is 3.19. The van der Waals surface area contributed by atoms with E-state index in [1.54, 1.807) is 11.0 Å². The van der Waals surface area contributed by atoms with Gasteiger partial charge in [-0.25, -0.2) is 0 Å². The molecule has 2 aliphatic heterocycles. The molecule has 2 heterocycles. The minimum Gasteiger partial charge on any atom is -0.379 e. The number of carbonyl (C=O) groups is 2. The van der Waals surface area contributed by atoms with E-state index >= 15 is 0 Å². The summed E-state index contributed by atoms with van der Waals surface area (Å²) in [6.07, 6.45) is 0.245. The Labute approximate surface area is 153 Å². The Hall–Kier alpha value is -1.63. The Morgan fingerprint density at radius 1 is 1.36 bits per heavy atom. The van der Waals surface area contributed by atoms with Gasteiger partial charge in [0.05, 0.1) is 19.1 Å². The van der Waals surface area contributed by atoms with Crippen LogP contribution in [0.2, 0.25) is 5.02 Å². The molecular formula is C18H24ClN3O3. The molecule has 1 aromatic carbocycles. The van der Waals surface area contributed by atoms with E-state index in [4.69, 9.17) is 16.3 Å². The maximum atomic E-state index is 12.4. The second-order valence-electron chi connectivity index (χ2n) is 6.58. The molecule has 1 unspecified atom stereocenters. The Kier molecular flexibility index (Phi) is 5.93. The molecular weight excluding hydrogens is 342 g/mol. The highest BCUT2D eigenvalue weighted by Gasteiger charge is 2.35. The van der Waals surface area contributed by atoms with E-state index < -0.39 is 0 Å². The SMILES string of the molecule is Cc1ccc(N2CC(C(=O)NCCN3CCOCC3)CC2=O)cc1Cl. The van der Waals surface area contributed by atoms with Gasteiger partial charge >= 0.3 is 0 Å². The standard InChI is InChI=1S/C18H24ClN3O3/c1-13-2-3-15(11-16(13)19)22-12-14(10-17(22)23)18(24)20-4-5-21-6-8-25-9-7-21/h2-3,11,14H,4-10,12H2,1H3,(H,20,24). The van der Waals surface area contributed by atoms with Crippen LogP contribution in [0.3, 0.4) is 0 Å². The first-order valence-corrected chi connectivity index (χ1v) is 9.06. The van der Waals surface area contributed by atoms with Crippen molar-refractivity contribution >= 4 is 29.1 Å². The molecule has 0 aromatic heterocycles. The van der Waals surface area contributed by atoms with Gasteiger partial charge < -0.3 is 15.0 Å². The van der Waals surface area contributed by atoms with Gasteiger partial charge in [-0.1, -0.05) is 17.7 Å². The number of nitrogens with zero attached hydrogens (tertiary/aromatic N) is 2. The predicted octanol–water partition coefficient (Wildman–Crippen LogP) is 1.45. The van der Waals surface area contributed by atoms with Crippen LogP contribution in [-0.4, -0.2) is 62.7 Å². The lowest BCUT2D eigenvalue weighted by molar-refractivity contribution is -0.126. The normalized spacial score (nSPS) is 21.6. The number of aryl methyl sites for hydroxylation is 1. The van der Waals surface area contributed by atoms with Crippen LogP contribution >= 0.6 is 11.6 Å². The van der Waals surface area contributed by atoms with E-state index in [0.29, 0.717) is 18.1 Å². The smallest absolute Gasteiger partial charge is 0.227 e. The molecule has 2 aliphatic rings.